The first-order valence-corrected chi connectivity index (χ1v) is 9.13. The Morgan fingerprint density at radius 1 is 1.07 bits per heavy atom. The standard InChI is InChI=1S/C21H26N2O4/c1-25-16-7-9-17(10-8-16)27-14-11-21(24)23-13-12-22-15-19(23)18-5-3-4-6-20(18)26-2/h3-10,19,22H,11-15H2,1-2H3. The summed E-state index contributed by atoms with van der Waals surface area (Å²) in [5.41, 5.74) is 1.02. The van der Waals surface area contributed by atoms with Crippen LogP contribution in [-0.2, 0) is 4.79 Å². The minimum absolute atomic E-state index is 0.0385. The lowest BCUT2D eigenvalue weighted by atomic mass is 10.0. The lowest BCUT2D eigenvalue weighted by molar-refractivity contribution is -0.135. The fraction of sp³-hybridized carbons (Fsp3) is 0.381. The molecule has 0 radical (unpaired) electrons. The van der Waals surface area contributed by atoms with Gasteiger partial charge < -0.3 is 24.4 Å². The molecule has 6 heteroatoms. The summed E-state index contributed by atoms with van der Waals surface area (Å²) in [5, 5.41) is 3.37. The third kappa shape index (κ3) is 4.71. The lowest BCUT2D eigenvalue weighted by Crippen LogP contribution is -2.49. The van der Waals surface area contributed by atoms with Gasteiger partial charge in [-0.3, -0.25) is 4.79 Å². The van der Waals surface area contributed by atoms with E-state index in [2.05, 4.69) is 5.32 Å². The van der Waals surface area contributed by atoms with Crippen LogP contribution in [-0.4, -0.2) is 51.3 Å². The van der Waals surface area contributed by atoms with Gasteiger partial charge in [-0.25, -0.2) is 0 Å². The van der Waals surface area contributed by atoms with E-state index in [9.17, 15) is 4.79 Å². The van der Waals surface area contributed by atoms with Crippen molar-refractivity contribution in [2.45, 2.75) is 12.5 Å². The summed E-state index contributed by atoms with van der Waals surface area (Å²) in [6, 6.07) is 15.2. The highest BCUT2D eigenvalue weighted by atomic mass is 16.5. The molecule has 6 nitrogen and oxygen atoms in total. The van der Waals surface area contributed by atoms with Crippen LogP contribution in [0.1, 0.15) is 18.0 Å². The van der Waals surface area contributed by atoms with Crippen LogP contribution in [0.2, 0.25) is 0 Å². The van der Waals surface area contributed by atoms with Crippen LogP contribution in [0.4, 0.5) is 0 Å². The van der Waals surface area contributed by atoms with Crippen molar-refractivity contribution in [2.75, 3.05) is 40.5 Å². The molecule has 0 saturated carbocycles. The number of hydrogen-bond acceptors (Lipinski definition) is 5. The summed E-state index contributed by atoms with van der Waals surface area (Å²) in [4.78, 5) is 14.8. The van der Waals surface area contributed by atoms with Gasteiger partial charge in [-0.2, -0.15) is 0 Å². The minimum atomic E-state index is -0.0385. The predicted octanol–water partition coefficient (Wildman–Crippen LogP) is 2.65. The molecule has 1 atom stereocenters. The van der Waals surface area contributed by atoms with Gasteiger partial charge in [0.15, 0.2) is 0 Å². The van der Waals surface area contributed by atoms with Crippen LogP contribution in [0.5, 0.6) is 17.2 Å². The zero-order chi connectivity index (χ0) is 19.1. The number of rotatable bonds is 7. The molecule has 27 heavy (non-hydrogen) atoms. The Morgan fingerprint density at radius 3 is 2.56 bits per heavy atom. The number of ether oxygens (including phenoxy) is 3. The Labute approximate surface area is 160 Å². The largest absolute Gasteiger partial charge is 0.497 e. The third-order valence-corrected chi connectivity index (χ3v) is 4.71. The highest BCUT2D eigenvalue weighted by Crippen LogP contribution is 2.30. The summed E-state index contributed by atoms with van der Waals surface area (Å²) in [5.74, 6) is 2.39. The Hall–Kier alpha value is -2.73. The van der Waals surface area contributed by atoms with Crippen molar-refractivity contribution in [1.29, 1.82) is 0 Å². The van der Waals surface area contributed by atoms with Crippen molar-refractivity contribution in [3.05, 3.63) is 54.1 Å². The summed E-state index contributed by atoms with van der Waals surface area (Å²) in [6.45, 7) is 2.51. The van der Waals surface area contributed by atoms with Gasteiger partial charge in [-0.05, 0) is 30.3 Å². The highest BCUT2D eigenvalue weighted by molar-refractivity contribution is 5.77. The topological polar surface area (TPSA) is 60.0 Å². The maximum absolute atomic E-state index is 12.8. The number of carbonyl (C=O) groups is 1. The van der Waals surface area contributed by atoms with Crippen LogP contribution in [0, 0.1) is 0 Å². The molecule has 1 saturated heterocycles. The van der Waals surface area contributed by atoms with E-state index in [-0.39, 0.29) is 11.9 Å². The second kappa shape index (κ2) is 9.28. The van der Waals surface area contributed by atoms with Crippen LogP contribution < -0.4 is 19.5 Å². The first-order valence-electron chi connectivity index (χ1n) is 9.13. The van der Waals surface area contributed by atoms with Crippen molar-refractivity contribution in [1.82, 2.24) is 10.2 Å². The molecular weight excluding hydrogens is 344 g/mol. The fourth-order valence-electron chi connectivity index (χ4n) is 3.29. The molecular formula is C21H26N2O4. The van der Waals surface area contributed by atoms with Crippen molar-refractivity contribution >= 4 is 5.91 Å². The van der Waals surface area contributed by atoms with E-state index >= 15 is 0 Å². The summed E-state index contributed by atoms with van der Waals surface area (Å²) >= 11 is 0. The van der Waals surface area contributed by atoms with Gasteiger partial charge in [0.1, 0.15) is 17.2 Å². The van der Waals surface area contributed by atoms with Gasteiger partial charge in [0.25, 0.3) is 0 Å². The van der Waals surface area contributed by atoms with Gasteiger partial charge >= 0.3 is 0 Å². The number of methoxy groups -OCH3 is 2. The molecule has 1 unspecified atom stereocenters. The Balaban J connectivity index is 1.61. The van der Waals surface area contributed by atoms with E-state index in [1.807, 2.05) is 53.4 Å². The molecule has 1 fully saturated rings. The second-order valence-electron chi connectivity index (χ2n) is 6.32. The molecule has 3 rings (SSSR count). The zero-order valence-electron chi connectivity index (χ0n) is 15.8. The van der Waals surface area contributed by atoms with E-state index in [0.29, 0.717) is 26.1 Å². The molecule has 0 spiro atoms. The van der Waals surface area contributed by atoms with Crippen LogP contribution in [0.25, 0.3) is 0 Å². The average Bonchev–Trinajstić information content (AvgIpc) is 2.74. The predicted molar refractivity (Wildman–Crippen MR) is 103 cm³/mol. The van der Waals surface area contributed by atoms with Crippen molar-refractivity contribution in [2.24, 2.45) is 0 Å². The molecule has 144 valence electrons. The van der Waals surface area contributed by atoms with Crippen LogP contribution >= 0.6 is 0 Å². The number of carbonyl (C=O) groups excluding carboxylic acids is 1. The second-order valence-corrected chi connectivity index (χ2v) is 6.32. The van der Waals surface area contributed by atoms with Gasteiger partial charge in [0.2, 0.25) is 5.91 Å². The monoisotopic (exact) mass is 370 g/mol. The normalized spacial score (nSPS) is 16.7. The summed E-state index contributed by atoms with van der Waals surface area (Å²) in [7, 11) is 3.28. The number of para-hydroxylation sites is 1. The van der Waals surface area contributed by atoms with Crippen LogP contribution in [0.15, 0.2) is 48.5 Å². The van der Waals surface area contributed by atoms with Gasteiger partial charge in [0, 0.05) is 25.2 Å². The quantitative estimate of drug-likeness (QED) is 0.812. The lowest BCUT2D eigenvalue weighted by Gasteiger charge is -2.37. The minimum Gasteiger partial charge on any atom is -0.497 e. The molecule has 0 bridgehead atoms. The molecule has 1 aliphatic rings. The maximum atomic E-state index is 12.8. The zero-order valence-corrected chi connectivity index (χ0v) is 15.8. The number of piperazine rings is 1. The van der Waals surface area contributed by atoms with E-state index in [4.69, 9.17) is 14.2 Å². The van der Waals surface area contributed by atoms with Gasteiger partial charge in [-0.1, -0.05) is 18.2 Å². The number of benzene rings is 2. The molecule has 2 aromatic rings. The highest BCUT2D eigenvalue weighted by Gasteiger charge is 2.29. The fourth-order valence-corrected chi connectivity index (χ4v) is 3.29. The Morgan fingerprint density at radius 2 is 1.81 bits per heavy atom. The SMILES string of the molecule is COc1ccc(OCCC(=O)N2CCNCC2c2ccccc2OC)cc1. The number of amides is 1. The molecule has 0 aromatic heterocycles. The molecule has 1 aliphatic heterocycles. The molecule has 1 N–H and O–H groups in total. The van der Waals surface area contributed by atoms with E-state index < -0.39 is 0 Å². The number of nitrogens with one attached hydrogen (secondary N) is 1. The average molecular weight is 370 g/mol. The smallest absolute Gasteiger partial charge is 0.226 e. The van der Waals surface area contributed by atoms with Gasteiger partial charge in [-0.15, -0.1) is 0 Å². The summed E-state index contributed by atoms with van der Waals surface area (Å²) in [6.07, 6.45) is 0.331. The van der Waals surface area contributed by atoms with E-state index in [1.54, 1.807) is 14.2 Å². The molecule has 1 heterocycles. The molecule has 1 amide bonds. The van der Waals surface area contributed by atoms with E-state index in [1.165, 1.54) is 0 Å². The Bertz CT molecular complexity index is 748. The molecule has 2 aromatic carbocycles. The maximum Gasteiger partial charge on any atom is 0.226 e. The third-order valence-electron chi connectivity index (χ3n) is 4.71. The first kappa shape index (κ1) is 19.0. The van der Waals surface area contributed by atoms with Crippen molar-refractivity contribution in [3.63, 3.8) is 0 Å². The van der Waals surface area contributed by atoms with Crippen molar-refractivity contribution < 1.29 is 19.0 Å². The van der Waals surface area contributed by atoms with Gasteiger partial charge in [0.05, 0.1) is 33.3 Å². The molecule has 0 aliphatic carbocycles. The summed E-state index contributed by atoms with van der Waals surface area (Å²) < 4.78 is 16.3. The Kier molecular flexibility index (Phi) is 6.54. The first-order chi connectivity index (χ1) is 13.2. The number of nitrogens with zero attached hydrogens (tertiary/aromatic N) is 1. The van der Waals surface area contributed by atoms with Crippen LogP contribution in [0.3, 0.4) is 0 Å². The van der Waals surface area contributed by atoms with E-state index in [0.717, 1.165) is 29.4 Å². The number of hydrogen-bond donors (Lipinski definition) is 1. The van der Waals surface area contributed by atoms with Crippen molar-refractivity contribution in [3.8, 4) is 17.2 Å².